The first-order chi connectivity index (χ1) is 20.2. The maximum atomic E-state index is 13.8. The fourth-order valence-electron chi connectivity index (χ4n) is 5.41. The van der Waals surface area contributed by atoms with Crippen LogP contribution >= 0.6 is 0 Å². The Hall–Kier alpha value is -4.02. The van der Waals surface area contributed by atoms with E-state index in [-0.39, 0.29) is 43.8 Å². The number of benzene rings is 2. The summed E-state index contributed by atoms with van der Waals surface area (Å²) in [7, 11) is 1.33. The summed E-state index contributed by atoms with van der Waals surface area (Å²) >= 11 is 0. The van der Waals surface area contributed by atoms with Crippen molar-refractivity contribution in [2.75, 3.05) is 43.2 Å². The molecule has 2 heterocycles. The summed E-state index contributed by atoms with van der Waals surface area (Å²) in [4.78, 5) is 55.2. The molecule has 4 rings (SSSR count). The number of ether oxygens (including phenoxy) is 1. The van der Waals surface area contributed by atoms with Crippen LogP contribution in [0, 0.1) is 5.92 Å². The van der Waals surface area contributed by atoms with Crippen LogP contribution in [-0.2, 0) is 36.1 Å². The normalized spacial score (nSPS) is 18.7. The zero-order chi connectivity index (χ0) is 30.3. The number of hydrogen-bond donors (Lipinski definition) is 2. The molecule has 2 aliphatic heterocycles. The number of esters is 1. The molecule has 0 unspecified atom stereocenters. The number of carbonyl (C=O) groups is 4. The lowest BCUT2D eigenvalue weighted by atomic mass is 9.82. The molecule has 0 spiro atoms. The minimum absolute atomic E-state index is 0.0168. The second-order valence-electron chi connectivity index (χ2n) is 10.7. The van der Waals surface area contributed by atoms with Gasteiger partial charge in [-0.2, -0.15) is 0 Å². The first-order valence-corrected chi connectivity index (χ1v) is 14.4. The average molecular weight is 578 g/mol. The largest absolute Gasteiger partial charge is 0.469 e. The number of anilines is 2. The number of hydrogen-bond acceptors (Lipinski definition) is 7. The van der Waals surface area contributed by atoms with Crippen LogP contribution in [0.5, 0.6) is 0 Å². The predicted molar refractivity (Wildman–Crippen MR) is 157 cm³/mol. The van der Waals surface area contributed by atoms with Crippen molar-refractivity contribution in [1.82, 2.24) is 4.90 Å². The number of unbranched alkanes of at least 4 members (excludes halogenated alkanes) is 1. The maximum Gasteiger partial charge on any atom is 0.305 e. The molecule has 10 heteroatoms. The first kappa shape index (κ1) is 30.9. The summed E-state index contributed by atoms with van der Waals surface area (Å²) in [6, 6.07) is 14.7. The molecule has 2 N–H and O–H groups in total. The van der Waals surface area contributed by atoms with Gasteiger partial charge in [0.2, 0.25) is 11.8 Å². The molecule has 1 fully saturated rings. The molecule has 3 amide bonds. The van der Waals surface area contributed by atoms with Crippen LogP contribution in [0.4, 0.5) is 11.4 Å². The molecule has 0 saturated carbocycles. The van der Waals surface area contributed by atoms with Crippen LogP contribution in [0.15, 0.2) is 60.7 Å². The van der Waals surface area contributed by atoms with E-state index in [1.54, 1.807) is 47.1 Å². The minimum Gasteiger partial charge on any atom is -0.469 e. The zero-order valence-corrected chi connectivity index (χ0v) is 24.2. The minimum atomic E-state index is -1.91. The number of amides is 3. The van der Waals surface area contributed by atoms with Crippen LogP contribution in [0.1, 0.15) is 50.2 Å². The van der Waals surface area contributed by atoms with Crippen molar-refractivity contribution >= 4 is 35.1 Å². The van der Waals surface area contributed by atoms with Gasteiger partial charge >= 0.3 is 5.97 Å². The summed E-state index contributed by atoms with van der Waals surface area (Å²) in [5.74, 6) is -1.71. The lowest BCUT2D eigenvalue weighted by Crippen LogP contribution is -2.45. The Morgan fingerprint density at radius 2 is 1.90 bits per heavy atom. The highest BCUT2D eigenvalue weighted by atomic mass is 16.5. The van der Waals surface area contributed by atoms with E-state index in [9.17, 15) is 29.4 Å². The van der Waals surface area contributed by atoms with E-state index in [0.29, 0.717) is 55.8 Å². The van der Waals surface area contributed by atoms with Crippen molar-refractivity contribution in [3.05, 3.63) is 71.8 Å². The summed E-state index contributed by atoms with van der Waals surface area (Å²) in [5, 5.41) is 21.5. The van der Waals surface area contributed by atoms with Crippen molar-refractivity contribution in [2.24, 2.45) is 5.92 Å². The molecule has 2 atom stereocenters. The van der Waals surface area contributed by atoms with Gasteiger partial charge in [-0.1, -0.05) is 49.4 Å². The fraction of sp³-hybridized carbons (Fsp3) is 0.438. The number of fused-ring (bicyclic) bond motifs is 1. The van der Waals surface area contributed by atoms with Crippen LogP contribution < -0.4 is 9.80 Å². The standard InChI is InChI=1S/C32H39N3O7/c1-23(9-8-12-28(37)33(19-20-36)22-24-10-4-3-5-11-24)32(41)26-21-25(34-18-16-29(34)38)14-15-27(26)35(31(32)40)17-7-6-13-30(39)42-2/h3-5,8-11,14-15,21,23,36,41H,6-7,12-13,16-20,22H2,1-2H3/b9-8+/t23-,32+/m1/s1. The van der Waals surface area contributed by atoms with E-state index in [0.717, 1.165) is 5.56 Å². The van der Waals surface area contributed by atoms with Gasteiger partial charge in [0.1, 0.15) is 0 Å². The molecule has 2 aromatic rings. The number of aliphatic hydroxyl groups is 2. The van der Waals surface area contributed by atoms with Gasteiger partial charge in [0.05, 0.1) is 19.4 Å². The van der Waals surface area contributed by atoms with E-state index < -0.39 is 17.4 Å². The van der Waals surface area contributed by atoms with Gasteiger partial charge in [-0.15, -0.1) is 0 Å². The Kier molecular flexibility index (Phi) is 10.1. The molecular weight excluding hydrogens is 538 g/mol. The molecule has 10 nitrogen and oxygen atoms in total. The first-order valence-electron chi connectivity index (χ1n) is 14.4. The Morgan fingerprint density at radius 1 is 1.14 bits per heavy atom. The number of aliphatic hydroxyl groups excluding tert-OH is 1. The topological polar surface area (TPSA) is 128 Å². The predicted octanol–water partition coefficient (Wildman–Crippen LogP) is 2.90. The van der Waals surface area contributed by atoms with Crippen molar-refractivity contribution in [1.29, 1.82) is 0 Å². The number of nitrogens with zero attached hydrogens (tertiary/aromatic N) is 3. The van der Waals surface area contributed by atoms with Crippen molar-refractivity contribution in [3.63, 3.8) is 0 Å². The van der Waals surface area contributed by atoms with Gasteiger partial charge < -0.3 is 29.6 Å². The van der Waals surface area contributed by atoms with Crippen molar-refractivity contribution in [3.8, 4) is 0 Å². The van der Waals surface area contributed by atoms with Crippen LogP contribution in [0.3, 0.4) is 0 Å². The Labute approximate surface area is 246 Å². The quantitative estimate of drug-likeness (QED) is 0.153. The summed E-state index contributed by atoms with van der Waals surface area (Å²) in [6.07, 6.45) is 5.09. The molecule has 2 aliphatic rings. The molecule has 224 valence electrons. The van der Waals surface area contributed by atoms with Gasteiger partial charge in [0.15, 0.2) is 5.60 Å². The van der Waals surface area contributed by atoms with Gasteiger partial charge in [-0.05, 0) is 36.6 Å². The number of methoxy groups -OCH3 is 1. The van der Waals surface area contributed by atoms with Gasteiger partial charge in [-0.3, -0.25) is 19.2 Å². The Balaban J connectivity index is 1.52. The van der Waals surface area contributed by atoms with Crippen molar-refractivity contribution in [2.45, 2.75) is 51.2 Å². The molecule has 2 aromatic carbocycles. The molecule has 0 aromatic heterocycles. The lowest BCUT2D eigenvalue weighted by Gasteiger charge is -2.32. The third-order valence-electron chi connectivity index (χ3n) is 7.97. The van der Waals surface area contributed by atoms with Gasteiger partial charge in [-0.25, -0.2) is 0 Å². The second-order valence-corrected chi connectivity index (χ2v) is 10.7. The summed E-state index contributed by atoms with van der Waals surface area (Å²) in [5.41, 5.74) is 0.631. The zero-order valence-electron chi connectivity index (χ0n) is 24.2. The average Bonchev–Trinajstić information content (AvgIpc) is 3.20. The monoisotopic (exact) mass is 577 g/mol. The Morgan fingerprint density at radius 3 is 2.55 bits per heavy atom. The van der Waals surface area contributed by atoms with Crippen LogP contribution in [-0.4, -0.2) is 72.2 Å². The van der Waals surface area contributed by atoms with E-state index in [1.165, 1.54) is 12.0 Å². The highest BCUT2D eigenvalue weighted by molar-refractivity contribution is 6.08. The van der Waals surface area contributed by atoms with Crippen LogP contribution in [0.25, 0.3) is 0 Å². The van der Waals surface area contributed by atoms with E-state index in [4.69, 9.17) is 4.74 Å². The Bertz CT molecular complexity index is 1330. The molecule has 42 heavy (non-hydrogen) atoms. The highest BCUT2D eigenvalue weighted by Gasteiger charge is 2.52. The third-order valence-corrected chi connectivity index (χ3v) is 7.97. The van der Waals surface area contributed by atoms with Crippen LogP contribution in [0.2, 0.25) is 0 Å². The molecule has 0 bridgehead atoms. The summed E-state index contributed by atoms with van der Waals surface area (Å²) < 4.78 is 4.70. The fourth-order valence-corrected chi connectivity index (χ4v) is 5.41. The number of rotatable bonds is 14. The summed E-state index contributed by atoms with van der Waals surface area (Å²) in [6.45, 7) is 2.99. The smallest absolute Gasteiger partial charge is 0.305 e. The van der Waals surface area contributed by atoms with Gasteiger partial charge in [0.25, 0.3) is 5.91 Å². The highest BCUT2D eigenvalue weighted by Crippen LogP contribution is 2.47. The third kappa shape index (κ3) is 6.55. The van der Waals surface area contributed by atoms with Crippen molar-refractivity contribution < 1.29 is 34.1 Å². The molecule has 1 saturated heterocycles. The molecular formula is C32H39N3O7. The second kappa shape index (κ2) is 13.8. The lowest BCUT2D eigenvalue weighted by molar-refractivity contribution is -0.140. The van der Waals surface area contributed by atoms with Gasteiger partial charge in [0, 0.05) is 62.6 Å². The maximum absolute atomic E-state index is 13.8. The molecule has 0 aliphatic carbocycles. The van der Waals surface area contributed by atoms with E-state index >= 15 is 0 Å². The van der Waals surface area contributed by atoms with E-state index in [1.807, 2.05) is 30.3 Å². The number of carbonyl (C=O) groups excluding carboxylic acids is 4. The van der Waals surface area contributed by atoms with E-state index in [2.05, 4.69) is 0 Å². The molecule has 0 radical (unpaired) electrons. The SMILES string of the molecule is COC(=O)CCCCN1C(=O)[C@](O)([C@H](C)/C=C/CC(=O)N(CCO)Cc2ccccc2)c2cc(N3CCC3=O)ccc21. The number of β-lactam (4-membered cyclic amide) rings is 1.